The molecule has 1 saturated heterocycles. The first-order chi connectivity index (χ1) is 13.0. The van der Waals surface area contributed by atoms with Crippen LogP contribution in [0.25, 0.3) is 6.08 Å². The lowest BCUT2D eigenvalue weighted by atomic mass is 10.1. The lowest BCUT2D eigenvalue weighted by molar-refractivity contribution is -0.113. The van der Waals surface area contributed by atoms with Crippen LogP contribution in [0.3, 0.4) is 0 Å². The van der Waals surface area contributed by atoms with E-state index in [1.54, 1.807) is 16.7 Å². The molecule has 0 saturated carbocycles. The Morgan fingerprint density at radius 1 is 1.26 bits per heavy atom. The predicted molar refractivity (Wildman–Crippen MR) is 121 cm³/mol. The zero-order valence-corrected chi connectivity index (χ0v) is 17.9. The molecular weight excluding hydrogens is 394 g/mol. The number of carbonyl (C=O) groups is 1. The van der Waals surface area contributed by atoms with Crippen LogP contribution in [0.2, 0.25) is 0 Å². The van der Waals surface area contributed by atoms with Crippen molar-refractivity contribution in [1.82, 2.24) is 0 Å². The number of hydrogen-bond donors (Lipinski definition) is 0. The monoisotopic (exact) mass is 415 g/mol. The van der Waals surface area contributed by atoms with Crippen LogP contribution in [0.4, 0.5) is 5.69 Å². The number of ether oxygens (including phenoxy) is 1. The summed E-state index contributed by atoms with van der Waals surface area (Å²) in [5, 5.41) is 0. The average Bonchev–Trinajstić information content (AvgIpc) is 2.96. The third kappa shape index (κ3) is 4.57. The topological polar surface area (TPSA) is 29.5 Å². The van der Waals surface area contributed by atoms with Crippen molar-refractivity contribution in [3.8, 4) is 5.75 Å². The Morgan fingerprint density at radius 2 is 2.04 bits per heavy atom. The highest BCUT2D eigenvalue weighted by atomic mass is 32.2. The second-order valence-electron chi connectivity index (χ2n) is 6.09. The number of para-hydroxylation sites is 1. The minimum absolute atomic E-state index is 0.0957. The highest BCUT2D eigenvalue weighted by Gasteiger charge is 2.33. The van der Waals surface area contributed by atoms with Crippen molar-refractivity contribution in [1.29, 1.82) is 0 Å². The van der Waals surface area contributed by atoms with Gasteiger partial charge < -0.3 is 4.74 Å². The molecular formula is C21H21NO2S3. The predicted octanol–water partition coefficient (Wildman–Crippen LogP) is 5.99. The van der Waals surface area contributed by atoms with Crippen molar-refractivity contribution >= 4 is 57.7 Å². The number of hydrogen-bond acceptors (Lipinski definition) is 5. The van der Waals surface area contributed by atoms with Crippen molar-refractivity contribution < 1.29 is 9.53 Å². The fraction of sp³-hybridized carbons (Fsp3) is 0.238. The van der Waals surface area contributed by atoms with Crippen molar-refractivity contribution in [2.75, 3.05) is 11.2 Å². The molecule has 0 radical (unpaired) electrons. The highest BCUT2D eigenvalue weighted by molar-refractivity contribution is 8.27. The molecule has 0 N–H and O–H groups in total. The van der Waals surface area contributed by atoms with Gasteiger partial charge in [0, 0.05) is 10.5 Å². The van der Waals surface area contributed by atoms with E-state index in [2.05, 4.69) is 6.92 Å². The van der Waals surface area contributed by atoms with Gasteiger partial charge in [0.25, 0.3) is 5.91 Å². The fourth-order valence-corrected chi connectivity index (χ4v) is 4.33. The first-order valence-electron chi connectivity index (χ1n) is 8.71. The van der Waals surface area contributed by atoms with Crippen LogP contribution in [-0.4, -0.2) is 22.6 Å². The first-order valence-corrected chi connectivity index (χ1v) is 11.2. The van der Waals surface area contributed by atoms with Gasteiger partial charge in [-0.2, -0.15) is 0 Å². The van der Waals surface area contributed by atoms with Crippen molar-refractivity contribution in [2.24, 2.45) is 0 Å². The van der Waals surface area contributed by atoms with Gasteiger partial charge in [0.15, 0.2) is 4.32 Å². The molecule has 0 spiro atoms. The van der Waals surface area contributed by atoms with E-state index in [1.807, 2.05) is 67.8 Å². The maximum atomic E-state index is 13.0. The summed E-state index contributed by atoms with van der Waals surface area (Å²) >= 11 is 8.45. The number of thioether (sulfide) groups is 2. The molecule has 1 fully saturated rings. The van der Waals surface area contributed by atoms with Gasteiger partial charge in [-0.1, -0.05) is 55.2 Å². The summed E-state index contributed by atoms with van der Waals surface area (Å²) in [6.07, 6.45) is 4.92. The van der Waals surface area contributed by atoms with Gasteiger partial charge in [0.05, 0.1) is 16.7 Å². The minimum Gasteiger partial charge on any atom is -0.490 e. The molecule has 1 aliphatic heterocycles. The summed E-state index contributed by atoms with van der Waals surface area (Å²) in [6.45, 7) is 4.12. The molecule has 1 heterocycles. The van der Waals surface area contributed by atoms with Crippen LogP contribution >= 0.6 is 35.7 Å². The smallest absolute Gasteiger partial charge is 0.270 e. The Bertz CT molecular complexity index is 895. The van der Waals surface area contributed by atoms with Gasteiger partial charge >= 0.3 is 0 Å². The molecule has 3 nitrogen and oxygen atoms in total. The Balaban J connectivity index is 1.91. The fourth-order valence-electron chi connectivity index (χ4n) is 2.59. The number of nitrogens with zero attached hydrogens (tertiary/aromatic N) is 1. The number of thiocarbonyl (C=S) groups is 1. The molecule has 3 rings (SSSR count). The number of rotatable bonds is 6. The quantitative estimate of drug-likeness (QED) is 0.328. The molecule has 1 aliphatic rings. The van der Waals surface area contributed by atoms with Gasteiger partial charge in [-0.3, -0.25) is 9.69 Å². The number of anilines is 1. The number of benzene rings is 2. The third-order valence-electron chi connectivity index (χ3n) is 4.21. The van der Waals surface area contributed by atoms with Gasteiger partial charge in [-0.25, -0.2) is 0 Å². The lowest BCUT2D eigenvalue weighted by Crippen LogP contribution is -2.27. The van der Waals surface area contributed by atoms with Crippen LogP contribution < -0.4 is 9.64 Å². The summed E-state index contributed by atoms with van der Waals surface area (Å²) in [7, 11) is 0. The summed E-state index contributed by atoms with van der Waals surface area (Å²) < 4.78 is 6.54. The molecule has 1 amide bonds. The molecule has 1 atom stereocenters. The minimum atomic E-state index is -0.0957. The number of amides is 1. The zero-order chi connectivity index (χ0) is 19.4. The Labute approximate surface area is 174 Å². The normalized spacial score (nSPS) is 16.9. The average molecular weight is 416 g/mol. The molecule has 2 aromatic rings. The van der Waals surface area contributed by atoms with Crippen molar-refractivity contribution in [3.05, 3.63) is 59.0 Å². The SMILES string of the molecule is CC[C@@H](C)Oc1ccccc1/C=C1/SC(=S)N(c2cccc(SC)c2)C1=O. The molecule has 6 heteroatoms. The van der Waals surface area contributed by atoms with E-state index in [-0.39, 0.29) is 12.0 Å². The summed E-state index contributed by atoms with van der Waals surface area (Å²) in [6, 6.07) is 15.6. The van der Waals surface area contributed by atoms with E-state index in [4.69, 9.17) is 17.0 Å². The summed E-state index contributed by atoms with van der Waals surface area (Å²) in [5.41, 5.74) is 1.69. The molecule has 0 aliphatic carbocycles. The Kier molecular flexibility index (Phi) is 6.63. The van der Waals surface area contributed by atoms with E-state index in [9.17, 15) is 4.79 Å². The van der Waals surface area contributed by atoms with E-state index in [1.165, 1.54) is 11.8 Å². The largest absolute Gasteiger partial charge is 0.490 e. The van der Waals surface area contributed by atoms with E-state index in [0.29, 0.717) is 9.23 Å². The maximum Gasteiger partial charge on any atom is 0.270 e. The molecule has 2 aromatic carbocycles. The second kappa shape index (κ2) is 8.95. The summed E-state index contributed by atoms with van der Waals surface area (Å²) in [4.78, 5) is 16.3. The molecule has 27 heavy (non-hydrogen) atoms. The van der Waals surface area contributed by atoms with Crippen LogP contribution in [-0.2, 0) is 4.79 Å². The molecule has 0 unspecified atom stereocenters. The third-order valence-corrected chi connectivity index (χ3v) is 6.24. The summed E-state index contributed by atoms with van der Waals surface area (Å²) in [5.74, 6) is 0.683. The van der Waals surface area contributed by atoms with Gasteiger partial charge in [0.1, 0.15) is 5.75 Å². The Hall–Kier alpha value is -1.76. The van der Waals surface area contributed by atoms with E-state index in [0.717, 1.165) is 28.3 Å². The maximum absolute atomic E-state index is 13.0. The van der Waals surface area contributed by atoms with Gasteiger partial charge in [-0.15, -0.1) is 11.8 Å². The van der Waals surface area contributed by atoms with Gasteiger partial charge in [-0.05, 0) is 49.9 Å². The molecule has 0 aromatic heterocycles. The lowest BCUT2D eigenvalue weighted by Gasteiger charge is -2.15. The van der Waals surface area contributed by atoms with Crippen LogP contribution in [0.1, 0.15) is 25.8 Å². The van der Waals surface area contributed by atoms with Crippen molar-refractivity contribution in [3.63, 3.8) is 0 Å². The standard InChI is InChI=1S/C21H21NO2S3/c1-4-14(2)24-18-11-6-5-8-15(18)12-19-20(23)22(21(25)27-19)16-9-7-10-17(13-16)26-3/h5-14H,4H2,1-3H3/b19-12+/t14-/m1/s1. The van der Waals surface area contributed by atoms with Crippen LogP contribution in [0.5, 0.6) is 5.75 Å². The van der Waals surface area contributed by atoms with E-state index < -0.39 is 0 Å². The molecule has 140 valence electrons. The zero-order valence-electron chi connectivity index (χ0n) is 15.5. The first kappa shape index (κ1) is 20.0. The highest BCUT2D eigenvalue weighted by Crippen LogP contribution is 2.38. The second-order valence-corrected chi connectivity index (χ2v) is 8.65. The van der Waals surface area contributed by atoms with Crippen LogP contribution in [0, 0.1) is 0 Å². The van der Waals surface area contributed by atoms with Crippen molar-refractivity contribution in [2.45, 2.75) is 31.3 Å². The number of carbonyl (C=O) groups excluding carboxylic acids is 1. The van der Waals surface area contributed by atoms with Gasteiger partial charge in [0.2, 0.25) is 0 Å². The molecule has 0 bridgehead atoms. The Morgan fingerprint density at radius 3 is 2.78 bits per heavy atom. The van der Waals surface area contributed by atoms with Crippen LogP contribution in [0.15, 0.2) is 58.3 Å². The van der Waals surface area contributed by atoms with E-state index >= 15 is 0 Å².